The molecule has 1 saturated heterocycles. The van der Waals surface area contributed by atoms with Crippen LogP contribution in [0.5, 0.6) is 0 Å². The average Bonchev–Trinajstić information content (AvgIpc) is 2.78. The van der Waals surface area contributed by atoms with Crippen molar-refractivity contribution in [2.24, 2.45) is 5.92 Å². The van der Waals surface area contributed by atoms with Gasteiger partial charge in [-0.2, -0.15) is 5.26 Å². The summed E-state index contributed by atoms with van der Waals surface area (Å²) in [5.74, 6) is -0.755. The summed E-state index contributed by atoms with van der Waals surface area (Å²) < 4.78 is 13.1. The Hall–Kier alpha value is -1.93. The molecule has 94 valence electrons. The minimum absolute atomic E-state index is 0.0644. The lowest BCUT2D eigenvalue weighted by Crippen LogP contribution is -2.32. The zero-order chi connectivity index (χ0) is 13.1. The molecule has 18 heavy (non-hydrogen) atoms. The van der Waals surface area contributed by atoms with Crippen LogP contribution in [0.25, 0.3) is 0 Å². The molecule has 0 unspecified atom stereocenters. The van der Waals surface area contributed by atoms with Gasteiger partial charge in [-0.3, -0.25) is 4.79 Å². The Bertz CT molecular complexity index is 509. The normalized spacial score (nSPS) is 22.5. The van der Waals surface area contributed by atoms with E-state index in [1.54, 1.807) is 6.07 Å². The van der Waals surface area contributed by atoms with Crippen LogP contribution in [0.2, 0.25) is 0 Å². The quantitative estimate of drug-likeness (QED) is 0.834. The van der Waals surface area contributed by atoms with Gasteiger partial charge >= 0.3 is 0 Å². The van der Waals surface area contributed by atoms with Crippen molar-refractivity contribution in [1.29, 1.82) is 5.26 Å². The van der Waals surface area contributed by atoms with Gasteiger partial charge in [0.25, 0.3) is 0 Å². The van der Waals surface area contributed by atoms with Gasteiger partial charge in [0.15, 0.2) is 0 Å². The number of carbonyl (C=O) groups excluding carboxylic acids is 1. The smallest absolute Gasteiger partial charge is 0.229 e. The topological polar surface area (TPSA) is 64.9 Å². The molecule has 4 nitrogen and oxygen atoms in total. The first-order chi connectivity index (χ1) is 8.61. The molecule has 1 heterocycles. The second-order valence-electron chi connectivity index (χ2n) is 4.43. The van der Waals surface area contributed by atoms with Crippen molar-refractivity contribution in [2.75, 3.05) is 11.9 Å². The maximum atomic E-state index is 13.1. The van der Waals surface area contributed by atoms with E-state index in [1.807, 2.05) is 6.92 Å². The van der Waals surface area contributed by atoms with Gasteiger partial charge in [0.2, 0.25) is 5.91 Å². The number of halogens is 1. The van der Waals surface area contributed by atoms with E-state index in [1.165, 1.54) is 18.2 Å². The van der Waals surface area contributed by atoms with Gasteiger partial charge in [0.05, 0.1) is 11.5 Å². The summed E-state index contributed by atoms with van der Waals surface area (Å²) in [6.45, 7) is 2.79. The van der Waals surface area contributed by atoms with Crippen molar-refractivity contribution in [3.63, 3.8) is 0 Å². The van der Waals surface area contributed by atoms with E-state index >= 15 is 0 Å². The van der Waals surface area contributed by atoms with Crippen LogP contribution in [0.15, 0.2) is 18.2 Å². The van der Waals surface area contributed by atoms with E-state index in [0.717, 1.165) is 13.0 Å². The van der Waals surface area contributed by atoms with Crippen molar-refractivity contribution in [3.05, 3.63) is 29.6 Å². The second-order valence-corrected chi connectivity index (χ2v) is 4.43. The van der Waals surface area contributed by atoms with E-state index in [-0.39, 0.29) is 23.4 Å². The number of rotatable bonds is 2. The van der Waals surface area contributed by atoms with Crippen molar-refractivity contribution in [1.82, 2.24) is 5.32 Å². The van der Waals surface area contributed by atoms with Gasteiger partial charge in [-0.1, -0.05) is 0 Å². The number of hydrogen-bond donors (Lipinski definition) is 2. The molecule has 2 N–H and O–H groups in total. The van der Waals surface area contributed by atoms with Crippen LogP contribution in [0.4, 0.5) is 10.1 Å². The number of nitriles is 1. The third-order valence-electron chi connectivity index (χ3n) is 3.22. The van der Waals surface area contributed by atoms with E-state index < -0.39 is 5.82 Å². The van der Waals surface area contributed by atoms with Gasteiger partial charge < -0.3 is 10.6 Å². The van der Waals surface area contributed by atoms with Crippen molar-refractivity contribution in [2.45, 2.75) is 19.4 Å². The number of hydrogen-bond acceptors (Lipinski definition) is 3. The molecule has 1 amide bonds. The Labute approximate surface area is 105 Å². The summed E-state index contributed by atoms with van der Waals surface area (Å²) in [7, 11) is 0. The van der Waals surface area contributed by atoms with Crippen molar-refractivity contribution in [3.8, 4) is 6.07 Å². The number of nitrogens with zero attached hydrogens (tertiary/aromatic N) is 1. The molecule has 1 aromatic carbocycles. The summed E-state index contributed by atoms with van der Waals surface area (Å²) in [4.78, 5) is 12.0. The highest BCUT2D eigenvalue weighted by molar-refractivity contribution is 5.93. The molecule has 0 spiro atoms. The molecule has 1 aliphatic rings. The summed E-state index contributed by atoms with van der Waals surface area (Å²) in [5.41, 5.74) is 0.391. The van der Waals surface area contributed by atoms with Crippen LogP contribution in [0.3, 0.4) is 0 Å². The zero-order valence-corrected chi connectivity index (χ0v) is 10.0. The van der Waals surface area contributed by atoms with Gasteiger partial charge in [-0.25, -0.2) is 4.39 Å². The van der Waals surface area contributed by atoms with E-state index in [9.17, 15) is 9.18 Å². The highest BCUT2D eigenvalue weighted by Gasteiger charge is 2.29. The van der Waals surface area contributed by atoms with Gasteiger partial charge in [-0.15, -0.1) is 0 Å². The molecule has 1 aromatic rings. The fourth-order valence-corrected chi connectivity index (χ4v) is 2.14. The molecule has 0 aliphatic carbocycles. The largest absolute Gasteiger partial charge is 0.326 e. The second kappa shape index (κ2) is 5.15. The first kappa shape index (κ1) is 12.5. The number of nitrogens with one attached hydrogen (secondary N) is 2. The van der Waals surface area contributed by atoms with Crippen LogP contribution in [-0.4, -0.2) is 18.5 Å². The zero-order valence-electron chi connectivity index (χ0n) is 10.0. The molecular weight excluding hydrogens is 233 g/mol. The predicted molar refractivity (Wildman–Crippen MR) is 65.3 cm³/mol. The van der Waals surface area contributed by atoms with Crippen LogP contribution in [0, 0.1) is 23.1 Å². The summed E-state index contributed by atoms with van der Waals surface area (Å²) >= 11 is 0. The Kier molecular flexibility index (Phi) is 3.58. The molecule has 2 rings (SSSR count). The minimum atomic E-state index is -0.577. The molecule has 0 aromatic heterocycles. The summed E-state index contributed by atoms with van der Waals surface area (Å²) in [5, 5.41) is 14.6. The monoisotopic (exact) mass is 247 g/mol. The van der Waals surface area contributed by atoms with Crippen molar-refractivity contribution >= 4 is 11.6 Å². The summed E-state index contributed by atoms with van der Waals surface area (Å²) in [6.07, 6.45) is 0.791. The molecule has 1 fully saturated rings. The molecule has 0 radical (unpaired) electrons. The average molecular weight is 247 g/mol. The molecule has 0 saturated carbocycles. The Morgan fingerprint density at radius 3 is 3.00 bits per heavy atom. The SMILES string of the molecule is C[C@@H]1NCC[C@@H]1C(=O)Nc1ccc(F)c(C#N)c1. The molecular formula is C13H14FN3O. The van der Waals surface area contributed by atoms with Gasteiger partial charge in [-0.05, 0) is 38.1 Å². The molecule has 0 bridgehead atoms. The first-order valence-corrected chi connectivity index (χ1v) is 5.85. The molecule has 2 atom stereocenters. The highest BCUT2D eigenvalue weighted by atomic mass is 19.1. The molecule has 1 aliphatic heterocycles. The van der Waals surface area contributed by atoms with E-state index in [4.69, 9.17) is 5.26 Å². The maximum absolute atomic E-state index is 13.1. The molecule has 5 heteroatoms. The van der Waals surface area contributed by atoms with E-state index in [2.05, 4.69) is 10.6 Å². The highest BCUT2D eigenvalue weighted by Crippen LogP contribution is 2.19. The Morgan fingerprint density at radius 2 is 2.39 bits per heavy atom. The van der Waals surface area contributed by atoms with Crippen LogP contribution in [-0.2, 0) is 4.79 Å². The lowest BCUT2D eigenvalue weighted by molar-refractivity contribution is -0.120. The standard InChI is InChI=1S/C13H14FN3O/c1-8-11(4-5-16-8)13(18)17-10-2-3-12(14)9(6-10)7-15/h2-3,6,8,11,16H,4-5H2,1H3,(H,17,18)/t8-,11-/m0/s1. The number of amides is 1. The number of benzene rings is 1. The first-order valence-electron chi connectivity index (χ1n) is 5.85. The van der Waals surface area contributed by atoms with Crippen LogP contribution >= 0.6 is 0 Å². The van der Waals surface area contributed by atoms with Crippen LogP contribution < -0.4 is 10.6 Å². The summed E-state index contributed by atoms with van der Waals surface area (Å²) in [6, 6.07) is 5.88. The fourth-order valence-electron chi connectivity index (χ4n) is 2.14. The third-order valence-corrected chi connectivity index (χ3v) is 3.22. The fraction of sp³-hybridized carbons (Fsp3) is 0.385. The number of carbonyl (C=O) groups is 1. The Morgan fingerprint density at radius 1 is 1.61 bits per heavy atom. The van der Waals surface area contributed by atoms with Gasteiger partial charge in [0, 0.05) is 11.7 Å². The van der Waals surface area contributed by atoms with E-state index in [0.29, 0.717) is 5.69 Å². The van der Waals surface area contributed by atoms with Crippen molar-refractivity contribution < 1.29 is 9.18 Å². The minimum Gasteiger partial charge on any atom is -0.326 e. The Balaban J connectivity index is 2.10. The maximum Gasteiger partial charge on any atom is 0.229 e. The predicted octanol–water partition coefficient (Wildman–Crippen LogP) is 1.63. The number of anilines is 1. The lowest BCUT2D eigenvalue weighted by Gasteiger charge is -2.15. The van der Waals surface area contributed by atoms with Gasteiger partial charge in [0.1, 0.15) is 11.9 Å². The third kappa shape index (κ3) is 2.49. The lowest BCUT2D eigenvalue weighted by atomic mass is 10.0. The van der Waals surface area contributed by atoms with Crippen LogP contribution in [0.1, 0.15) is 18.9 Å².